The number of furan rings is 1. The van der Waals surface area contributed by atoms with Crippen LogP contribution in [0.4, 0.5) is 4.79 Å². The molecule has 3 amide bonds. The van der Waals surface area contributed by atoms with E-state index in [0.717, 1.165) is 17.9 Å². The van der Waals surface area contributed by atoms with Crippen LogP contribution >= 0.6 is 0 Å². The zero-order chi connectivity index (χ0) is 17.4. The molecule has 0 aliphatic carbocycles. The molecule has 0 fully saturated rings. The zero-order valence-electron chi connectivity index (χ0n) is 14.1. The fourth-order valence-electron chi connectivity index (χ4n) is 2.37. The summed E-state index contributed by atoms with van der Waals surface area (Å²) >= 11 is 0. The summed E-state index contributed by atoms with van der Waals surface area (Å²) in [4.78, 5) is 24.6. The molecule has 2 rings (SSSR count). The second kappa shape index (κ2) is 8.88. The van der Waals surface area contributed by atoms with E-state index in [9.17, 15) is 9.59 Å². The molecule has 1 atom stereocenters. The van der Waals surface area contributed by atoms with Gasteiger partial charge in [-0.05, 0) is 24.1 Å². The van der Waals surface area contributed by atoms with Crippen molar-refractivity contribution < 1.29 is 18.9 Å². The molecule has 1 aromatic carbocycles. The molecular weight excluding hydrogens is 306 g/mol. The van der Waals surface area contributed by atoms with Crippen molar-refractivity contribution in [3.8, 4) is 0 Å². The number of hydrogen-bond donors (Lipinski definition) is 3. The molecule has 0 spiro atoms. The first kappa shape index (κ1) is 17.7. The van der Waals surface area contributed by atoms with E-state index in [1.807, 2.05) is 7.05 Å². The van der Waals surface area contributed by atoms with Gasteiger partial charge in [0.2, 0.25) is 0 Å². The molecule has 0 bridgehead atoms. The second-order valence-electron chi connectivity index (χ2n) is 5.79. The summed E-state index contributed by atoms with van der Waals surface area (Å²) in [6.07, 6.45) is 2.55. The maximum atomic E-state index is 11.9. The minimum Gasteiger partial charge on any atom is -0.467 e. The van der Waals surface area contributed by atoms with Crippen LogP contribution in [-0.2, 0) is 24.3 Å². The molecule has 0 aliphatic heterocycles. The number of urea groups is 1. The van der Waals surface area contributed by atoms with Crippen LogP contribution < -0.4 is 15.5 Å². The van der Waals surface area contributed by atoms with E-state index in [4.69, 9.17) is 4.42 Å². The van der Waals surface area contributed by atoms with Gasteiger partial charge in [0.25, 0.3) is 5.91 Å². The maximum Gasteiger partial charge on any atom is 0.321 e. The van der Waals surface area contributed by atoms with Gasteiger partial charge < -0.3 is 14.6 Å². The van der Waals surface area contributed by atoms with E-state index in [0.29, 0.717) is 5.76 Å². The largest absolute Gasteiger partial charge is 0.467 e. The van der Waals surface area contributed by atoms with E-state index in [2.05, 4.69) is 41.8 Å². The number of amides is 3. The predicted molar refractivity (Wildman–Crippen MR) is 90.4 cm³/mol. The van der Waals surface area contributed by atoms with Crippen molar-refractivity contribution in [1.82, 2.24) is 10.6 Å². The van der Waals surface area contributed by atoms with Gasteiger partial charge in [-0.15, -0.1) is 0 Å². The number of imide groups is 1. The highest BCUT2D eigenvalue weighted by molar-refractivity contribution is 5.94. The minimum absolute atomic E-state index is 0.226. The molecule has 1 aromatic heterocycles. The van der Waals surface area contributed by atoms with Gasteiger partial charge in [0.05, 0.1) is 19.9 Å². The molecule has 6 heteroatoms. The van der Waals surface area contributed by atoms with Crippen LogP contribution in [0.5, 0.6) is 0 Å². The molecule has 24 heavy (non-hydrogen) atoms. The normalized spacial score (nSPS) is 11.8. The number of likely N-dealkylation sites (N-methyl/N-ethyl adjacent to an activating group) is 1. The maximum absolute atomic E-state index is 11.9. The summed E-state index contributed by atoms with van der Waals surface area (Å²) in [6.45, 7) is 3.32. The monoisotopic (exact) mass is 330 g/mol. The van der Waals surface area contributed by atoms with E-state index in [1.165, 1.54) is 17.4 Å². The summed E-state index contributed by atoms with van der Waals surface area (Å²) in [5, 5.41) is 4.90. The Bertz CT molecular complexity index is 651. The van der Waals surface area contributed by atoms with Crippen LogP contribution in [-0.4, -0.2) is 25.5 Å². The van der Waals surface area contributed by atoms with Gasteiger partial charge in [-0.1, -0.05) is 31.2 Å². The van der Waals surface area contributed by atoms with Crippen molar-refractivity contribution >= 4 is 11.9 Å². The lowest BCUT2D eigenvalue weighted by atomic mass is 10.1. The van der Waals surface area contributed by atoms with Crippen LogP contribution in [0.1, 0.15) is 23.8 Å². The first-order valence-corrected chi connectivity index (χ1v) is 8.06. The van der Waals surface area contributed by atoms with Crippen molar-refractivity contribution in [1.29, 1.82) is 0 Å². The Labute approximate surface area is 141 Å². The van der Waals surface area contributed by atoms with Gasteiger partial charge in [-0.25, -0.2) is 4.79 Å². The number of carbonyl (C=O) groups is 2. The third kappa shape index (κ3) is 5.89. The number of quaternary nitrogens is 1. The average molecular weight is 330 g/mol. The highest BCUT2D eigenvalue weighted by Crippen LogP contribution is 2.03. The topological polar surface area (TPSA) is 75.8 Å². The molecule has 128 valence electrons. The van der Waals surface area contributed by atoms with Crippen molar-refractivity contribution in [2.24, 2.45) is 0 Å². The van der Waals surface area contributed by atoms with Crippen LogP contribution in [0, 0.1) is 0 Å². The number of nitrogens with one attached hydrogen (secondary N) is 3. The molecular formula is C18H24N3O3+. The van der Waals surface area contributed by atoms with E-state index in [1.54, 1.807) is 12.1 Å². The highest BCUT2D eigenvalue weighted by Gasteiger charge is 2.13. The third-order valence-corrected chi connectivity index (χ3v) is 3.66. The number of rotatable bonds is 7. The standard InChI is InChI=1S/C18H23N3O3/c1-3-14-6-8-15(9-7-14)12-21(2)13-17(22)20-18(23)19-11-16-5-4-10-24-16/h4-10H,3,11-13H2,1-2H3,(H2,19,20,22,23)/p+1. The number of hydrogen-bond acceptors (Lipinski definition) is 3. The lowest BCUT2D eigenvalue weighted by Crippen LogP contribution is -3.09. The fraction of sp³-hybridized carbons (Fsp3) is 0.333. The number of benzene rings is 1. The van der Waals surface area contributed by atoms with Crippen LogP contribution in [0.2, 0.25) is 0 Å². The van der Waals surface area contributed by atoms with Gasteiger partial charge in [0, 0.05) is 5.56 Å². The van der Waals surface area contributed by atoms with Gasteiger partial charge in [0.1, 0.15) is 12.3 Å². The number of carbonyl (C=O) groups excluding carboxylic acids is 2. The Morgan fingerprint density at radius 3 is 2.46 bits per heavy atom. The van der Waals surface area contributed by atoms with Gasteiger partial charge in [-0.2, -0.15) is 0 Å². The van der Waals surface area contributed by atoms with Crippen molar-refractivity contribution in [3.05, 3.63) is 59.5 Å². The zero-order valence-corrected chi connectivity index (χ0v) is 14.1. The van der Waals surface area contributed by atoms with E-state index < -0.39 is 6.03 Å². The molecule has 1 unspecified atom stereocenters. The van der Waals surface area contributed by atoms with E-state index >= 15 is 0 Å². The fourth-order valence-corrected chi connectivity index (χ4v) is 2.37. The Balaban J connectivity index is 1.71. The van der Waals surface area contributed by atoms with Crippen LogP contribution in [0.25, 0.3) is 0 Å². The molecule has 6 nitrogen and oxygen atoms in total. The Hall–Kier alpha value is -2.60. The minimum atomic E-state index is -0.517. The lowest BCUT2D eigenvalue weighted by molar-refractivity contribution is -0.885. The van der Waals surface area contributed by atoms with Gasteiger partial charge >= 0.3 is 6.03 Å². The summed E-state index contributed by atoms with van der Waals surface area (Å²) in [6, 6.07) is 11.3. The molecule has 0 saturated heterocycles. The van der Waals surface area contributed by atoms with Gasteiger partial charge in [0.15, 0.2) is 6.54 Å². The Kier molecular flexibility index (Phi) is 6.57. The van der Waals surface area contributed by atoms with Crippen LogP contribution in [0.3, 0.4) is 0 Å². The van der Waals surface area contributed by atoms with Crippen molar-refractivity contribution in [2.75, 3.05) is 13.6 Å². The van der Waals surface area contributed by atoms with E-state index in [-0.39, 0.29) is 19.0 Å². The third-order valence-electron chi connectivity index (χ3n) is 3.66. The molecule has 2 aromatic rings. The smallest absolute Gasteiger partial charge is 0.321 e. The summed E-state index contributed by atoms with van der Waals surface area (Å²) < 4.78 is 5.10. The number of aryl methyl sites for hydroxylation is 1. The summed E-state index contributed by atoms with van der Waals surface area (Å²) in [5.41, 5.74) is 2.46. The Morgan fingerprint density at radius 2 is 1.83 bits per heavy atom. The predicted octanol–water partition coefficient (Wildman–Crippen LogP) is 0.883. The molecule has 0 aliphatic rings. The molecule has 0 radical (unpaired) electrons. The quantitative estimate of drug-likeness (QED) is 0.705. The van der Waals surface area contributed by atoms with Crippen molar-refractivity contribution in [3.63, 3.8) is 0 Å². The van der Waals surface area contributed by atoms with Crippen molar-refractivity contribution in [2.45, 2.75) is 26.4 Å². The van der Waals surface area contributed by atoms with Crippen LogP contribution in [0.15, 0.2) is 47.1 Å². The van der Waals surface area contributed by atoms with Gasteiger partial charge in [-0.3, -0.25) is 10.1 Å². The average Bonchev–Trinajstić information content (AvgIpc) is 3.07. The SMILES string of the molecule is CCc1ccc(C[NH+](C)CC(=O)NC(=O)NCc2ccco2)cc1. The second-order valence-corrected chi connectivity index (χ2v) is 5.79. The molecule has 3 N–H and O–H groups in total. The first-order valence-electron chi connectivity index (χ1n) is 8.06. The highest BCUT2D eigenvalue weighted by atomic mass is 16.3. The molecule has 1 heterocycles. The lowest BCUT2D eigenvalue weighted by Gasteiger charge is -2.14. The summed E-state index contributed by atoms with van der Waals surface area (Å²) in [5.74, 6) is 0.325. The Morgan fingerprint density at radius 1 is 1.12 bits per heavy atom. The summed E-state index contributed by atoms with van der Waals surface area (Å²) in [7, 11) is 1.92. The first-order chi connectivity index (χ1) is 11.6. The molecule has 0 saturated carbocycles.